The first-order valence-corrected chi connectivity index (χ1v) is 5.93. The van der Waals surface area contributed by atoms with Crippen molar-refractivity contribution in [2.45, 2.75) is 6.92 Å². The number of nitro groups is 1. The maximum atomic E-state index is 12.2. The zero-order chi connectivity index (χ0) is 14.0. The van der Waals surface area contributed by atoms with Gasteiger partial charge < -0.3 is 0 Å². The van der Waals surface area contributed by atoms with Crippen LogP contribution >= 0.6 is 11.6 Å². The molecule has 0 saturated carbocycles. The van der Waals surface area contributed by atoms with Crippen molar-refractivity contribution < 1.29 is 9.72 Å². The first-order valence-electron chi connectivity index (χ1n) is 5.55. The minimum atomic E-state index is -0.520. The standard InChI is InChI=1S/C14H10ClNO3/c1-9-7-12(15)11(8-13(9)16(18)19)14(17)10-5-3-2-4-6-10/h2-8H,1H3. The topological polar surface area (TPSA) is 60.2 Å². The molecule has 2 aromatic carbocycles. The third-order valence-electron chi connectivity index (χ3n) is 2.76. The van der Waals surface area contributed by atoms with Crippen LogP contribution in [0.25, 0.3) is 0 Å². The molecule has 0 amide bonds. The number of hydrogen-bond acceptors (Lipinski definition) is 3. The molecule has 2 aromatic rings. The highest BCUT2D eigenvalue weighted by molar-refractivity contribution is 6.35. The van der Waals surface area contributed by atoms with E-state index >= 15 is 0 Å². The van der Waals surface area contributed by atoms with Crippen molar-refractivity contribution in [3.05, 3.63) is 74.3 Å². The molecule has 0 aliphatic rings. The molecule has 5 heteroatoms. The average molecular weight is 276 g/mol. The minimum Gasteiger partial charge on any atom is -0.289 e. The van der Waals surface area contributed by atoms with Gasteiger partial charge in [-0.05, 0) is 13.0 Å². The fraction of sp³-hybridized carbons (Fsp3) is 0.0714. The summed E-state index contributed by atoms with van der Waals surface area (Å²) in [6.45, 7) is 1.58. The lowest BCUT2D eigenvalue weighted by Crippen LogP contribution is -2.04. The number of nitro benzene ring substituents is 1. The molecule has 0 aromatic heterocycles. The van der Waals surface area contributed by atoms with Gasteiger partial charge in [0.25, 0.3) is 5.69 Å². The molecule has 0 spiro atoms. The van der Waals surface area contributed by atoms with Gasteiger partial charge in [-0.15, -0.1) is 0 Å². The van der Waals surface area contributed by atoms with Crippen LogP contribution in [0.2, 0.25) is 5.02 Å². The van der Waals surface area contributed by atoms with Gasteiger partial charge in [0.05, 0.1) is 9.95 Å². The zero-order valence-electron chi connectivity index (χ0n) is 10.1. The van der Waals surface area contributed by atoms with Gasteiger partial charge >= 0.3 is 0 Å². The van der Waals surface area contributed by atoms with Crippen molar-refractivity contribution in [3.63, 3.8) is 0 Å². The fourth-order valence-electron chi connectivity index (χ4n) is 1.78. The van der Waals surface area contributed by atoms with Crippen LogP contribution in [0.4, 0.5) is 5.69 Å². The van der Waals surface area contributed by atoms with E-state index in [1.807, 2.05) is 0 Å². The third kappa shape index (κ3) is 2.63. The highest BCUT2D eigenvalue weighted by Crippen LogP contribution is 2.28. The lowest BCUT2D eigenvalue weighted by molar-refractivity contribution is -0.385. The number of nitrogens with zero attached hydrogens (tertiary/aromatic N) is 1. The van der Waals surface area contributed by atoms with Crippen LogP contribution in [0.5, 0.6) is 0 Å². The molecule has 19 heavy (non-hydrogen) atoms. The Hall–Kier alpha value is -2.20. The van der Waals surface area contributed by atoms with Crippen LogP contribution in [0.3, 0.4) is 0 Å². The quantitative estimate of drug-likeness (QED) is 0.486. The first kappa shape index (κ1) is 13.2. The van der Waals surface area contributed by atoms with Crippen LogP contribution < -0.4 is 0 Å². The van der Waals surface area contributed by atoms with Crippen LogP contribution in [0, 0.1) is 17.0 Å². The van der Waals surface area contributed by atoms with Gasteiger partial charge in [-0.25, -0.2) is 0 Å². The lowest BCUT2D eigenvalue weighted by Gasteiger charge is -2.05. The molecular weight excluding hydrogens is 266 g/mol. The molecule has 0 heterocycles. The molecule has 0 N–H and O–H groups in total. The summed E-state index contributed by atoms with van der Waals surface area (Å²) in [4.78, 5) is 22.6. The number of hydrogen-bond donors (Lipinski definition) is 0. The summed E-state index contributed by atoms with van der Waals surface area (Å²) < 4.78 is 0. The van der Waals surface area contributed by atoms with Crippen LogP contribution in [0.15, 0.2) is 42.5 Å². The monoisotopic (exact) mass is 275 g/mol. The Labute approximate surface area is 114 Å². The molecule has 0 radical (unpaired) electrons. The summed E-state index contributed by atoms with van der Waals surface area (Å²) in [6, 6.07) is 11.2. The number of halogens is 1. The van der Waals surface area contributed by atoms with Gasteiger partial charge in [-0.3, -0.25) is 14.9 Å². The second-order valence-electron chi connectivity index (χ2n) is 4.07. The highest BCUT2D eigenvalue weighted by atomic mass is 35.5. The van der Waals surface area contributed by atoms with E-state index in [0.717, 1.165) is 0 Å². The smallest absolute Gasteiger partial charge is 0.273 e. The Bertz CT molecular complexity index is 653. The Kier molecular flexibility index (Phi) is 3.62. The summed E-state index contributed by atoms with van der Waals surface area (Å²) in [6.07, 6.45) is 0. The van der Waals surface area contributed by atoms with Gasteiger partial charge in [0.15, 0.2) is 5.78 Å². The van der Waals surface area contributed by atoms with E-state index in [9.17, 15) is 14.9 Å². The highest BCUT2D eigenvalue weighted by Gasteiger charge is 2.19. The van der Waals surface area contributed by atoms with E-state index in [2.05, 4.69) is 0 Å². The second-order valence-corrected chi connectivity index (χ2v) is 4.48. The molecule has 0 aliphatic carbocycles. The van der Waals surface area contributed by atoms with Crippen molar-refractivity contribution >= 4 is 23.1 Å². The third-order valence-corrected chi connectivity index (χ3v) is 3.08. The molecule has 0 aliphatic heterocycles. The fourth-order valence-corrected chi connectivity index (χ4v) is 2.08. The molecule has 0 unspecified atom stereocenters. The van der Waals surface area contributed by atoms with Crippen LogP contribution in [-0.2, 0) is 0 Å². The van der Waals surface area contributed by atoms with E-state index in [1.54, 1.807) is 37.3 Å². The Morgan fingerprint density at radius 3 is 2.42 bits per heavy atom. The Morgan fingerprint density at radius 2 is 1.84 bits per heavy atom. The molecule has 0 bridgehead atoms. The molecule has 0 fully saturated rings. The molecular formula is C14H10ClNO3. The predicted molar refractivity (Wildman–Crippen MR) is 72.7 cm³/mol. The van der Waals surface area contributed by atoms with Crippen molar-refractivity contribution in [3.8, 4) is 0 Å². The molecule has 0 atom stereocenters. The van der Waals surface area contributed by atoms with E-state index in [1.165, 1.54) is 12.1 Å². The van der Waals surface area contributed by atoms with Crippen LogP contribution in [-0.4, -0.2) is 10.7 Å². The number of benzene rings is 2. The molecule has 4 nitrogen and oxygen atoms in total. The zero-order valence-corrected chi connectivity index (χ0v) is 10.8. The van der Waals surface area contributed by atoms with E-state index in [-0.39, 0.29) is 22.1 Å². The lowest BCUT2D eigenvalue weighted by atomic mass is 10.0. The molecule has 96 valence electrons. The SMILES string of the molecule is Cc1cc(Cl)c(C(=O)c2ccccc2)cc1[N+](=O)[O-]. The van der Waals surface area contributed by atoms with Crippen LogP contribution in [0.1, 0.15) is 21.5 Å². The predicted octanol–water partition coefficient (Wildman–Crippen LogP) is 3.79. The number of rotatable bonds is 3. The summed E-state index contributed by atoms with van der Waals surface area (Å²) in [5, 5.41) is 11.1. The normalized spacial score (nSPS) is 10.2. The molecule has 0 saturated heterocycles. The maximum absolute atomic E-state index is 12.2. The summed E-state index contributed by atoms with van der Waals surface area (Å²) in [5.41, 5.74) is 0.913. The second kappa shape index (κ2) is 5.20. The van der Waals surface area contributed by atoms with Gasteiger partial charge in [0, 0.05) is 22.8 Å². The number of carbonyl (C=O) groups is 1. The maximum Gasteiger partial charge on any atom is 0.273 e. The largest absolute Gasteiger partial charge is 0.289 e. The van der Waals surface area contributed by atoms with Gasteiger partial charge in [0.2, 0.25) is 0 Å². The van der Waals surface area contributed by atoms with Gasteiger partial charge in [0.1, 0.15) is 0 Å². The number of carbonyl (C=O) groups excluding carboxylic acids is 1. The van der Waals surface area contributed by atoms with Gasteiger partial charge in [-0.2, -0.15) is 0 Å². The van der Waals surface area contributed by atoms with Crippen molar-refractivity contribution in [2.24, 2.45) is 0 Å². The Morgan fingerprint density at radius 1 is 1.21 bits per heavy atom. The first-order chi connectivity index (χ1) is 9.00. The number of aryl methyl sites for hydroxylation is 1. The van der Waals surface area contributed by atoms with Crippen molar-refractivity contribution in [1.29, 1.82) is 0 Å². The minimum absolute atomic E-state index is 0.108. The van der Waals surface area contributed by atoms with E-state index in [0.29, 0.717) is 11.1 Å². The van der Waals surface area contributed by atoms with E-state index in [4.69, 9.17) is 11.6 Å². The van der Waals surface area contributed by atoms with Crippen molar-refractivity contribution in [1.82, 2.24) is 0 Å². The van der Waals surface area contributed by atoms with Gasteiger partial charge in [-0.1, -0.05) is 41.9 Å². The summed E-state index contributed by atoms with van der Waals surface area (Å²) in [5.74, 6) is -0.325. The summed E-state index contributed by atoms with van der Waals surface area (Å²) >= 11 is 6.01. The summed E-state index contributed by atoms with van der Waals surface area (Å²) in [7, 11) is 0. The number of ketones is 1. The Balaban J connectivity index is 2.54. The van der Waals surface area contributed by atoms with Crippen molar-refractivity contribution in [2.75, 3.05) is 0 Å². The van der Waals surface area contributed by atoms with E-state index < -0.39 is 4.92 Å². The average Bonchev–Trinajstić information content (AvgIpc) is 2.38. The molecule has 2 rings (SSSR count).